The third-order valence-corrected chi connectivity index (χ3v) is 5.87. The summed E-state index contributed by atoms with van der Waals surface area (Å²) < 4.78 is 34.0. The number of fused-ring (bicyclic) bond motifs is 1. The summed E-state index contributed by atoms with van der Waals surface area (Å²) in [6, 6.07) is 0. The molecule has 4 bridgehead atoms. The number of carbonyl (C=O) groups excluding carboxylic acids is 1. The van der Waals surface area contributed by atoms with E-state index in [0.29, 0.717) is 12.8 Å². The van der Waals surface area contributed by atoms with E-state index in [1.165, 1.54) is 6.92 Å². The Hall–Kier alpha value is -0.880. The van der Waals surface area contributed by atoms with Crippen LogP contribution in [0.3, 0.4) is 0 Å². The van der Waals surface area contributed by atoms with Crippen molar-refractivity contribution in [2.45, 2.75) is 37.2 Å². The highest BCUT2D eigenvalue weighted by molar-refractivity contribution is 7.87. The number of rotatable bonds is 2. The van der Waals surface area contributed by atoms with Gasteiger partial charge in [-0.2, -0.15) is 8.42 Å². The van der Waals surface area contributed by atoms with Crippen molar-refractivity contribution in [1.82, 2.24) is 0 Å². The van der Waals surface area contributed by atoms with Crippen LogP contribution in [0.1, 0.15) is 26.2 Å². The lowest BCUT2D eigenvalue weighted by molar-refractivity contribution is -0.217. The SMILES string of the molecule is C=C(C)C(=O)OC12CC3CC1CC3S(=O)(=O)O2. The van der Waals surface area contributed by atoms with Crippen LogP contribution in [0.25, 0.3) is 0 Å². The van der Waals surface area contributed by atoms with Crippen LogP contribution in [0.15, 0.2) is 12.2 Å². The number of ether oxygens (including phenoxy) is 1. The Kier molecular flexibility index (Phi) is 2.06. The van der Waals surface area contributed by atoms with Gasteiger partial charge in [0.2, 0.25) is 5.79 Å². The van der Waals surface area contributed by atoms with Crippen molar-refractivity contribution >= 4 is 16.1 Å². The van der Waals surface area contributed by atoms with Gasteiger partial charge in [0.1, 0.15) is 0 Å². The molecule has 0 N–H and O–H groups in total. The van der Waals surface area contributed by atoms with Gasteiger partial charge in [-0.05, 0) is 25.7 Å². The molecule has 17 heavy (non-hydrogen) atoms. The van der Waals surface area contributed by atoms with Gasteiger partial charge in [-0.1, -0.05) is 6.58 Å². The zero-order valence-corrected chi connectivity index (χ0v) is 10.3. The first kappa shape index (κ1) is 11.2. The highest BCUT2D eigenvalue weighted by Crippen LogP contribution is 2.60. The van der Waals surface area contributed by atoms with E-state index >= 15 is 0 Å². The summed E-state index contributed by atoms with van der Waals surface area (Å²) in [7, 11) is -3.57. The molecule has 0 aromatic rings. The van der Waals surface area contributed by atoms with Gasteiger partial charge in [-0.15, -0.1) is 0 Å². The van der Waals surface area contributed by atoms with Crippen molar-refractivity contribution in [3.8, 4) is 0 Å². The highest BCUT2D eigenvalue weighted by atomic mass is 32.2. The summed E-state index contributed by atoms with van der Waals surface area (Å²) in [4.78, 5) is 11.6. The van der Waals surface area contributed by atoms with Crippen LogP contribution in [0.2, 0.25) is 0 Å². The van der Waals surface area contributed by atoms with Gasteiger partial charge in [0, 0.05) is 17.9 Å². The standard InChI is InChI=1S/C11H14O5S/c1-6(2)10(12)15-11-5-7-3-8(11)4-9(7)17(13,14)16-11/h7-9H,1,3-5H2,2H3. The number of hydrogen-bond acceptors (Lipinski definition) is 5. The maximum atomic E-state index is 11.8. The quantitative estimate of drug-likeness (QED) is 0.419. The Bertz CT molecular complexity index is 508. The lowest BCUT2D eigenvalue weighted by atomic mass is 9.93. The summed E-state index contributed by atoms with van der Waals surface area (Å²) in [5, 5.41) is -0.391. The van der Waals surface area contributed by atoms with E-state index in [1.54, 1.807) is 0 Å². The Morgan fingerprint density at radius 2 is 2.18 bits per heavy atom. The van der Waals surface area contributed by atoms with E-state index in [0.717, 1.165) is 6.42 Å². The first-order chi connectivity index (χ1) is 7.84. The van der Waals surface area contributed by atoms with Crippen molar-refractivity contribution < 1.29 is 22.1 Å². The first-order valence-corrected chi connectivity index (χ1v) is 7.14. The third-order valence-electron chi connectivity index (χ3n) is 4.04. The lowest BCUT2D eigenvalue weighted by Gasteiger charge is -2.43. The fraction of sp³-hybridized carbons (Fsp3) is 0.727. The predicted octanol–water partition coefficient (Wildman–Crippen LogP) is 0.960. The minimum atomic E-state index is -3.57. The molecule has 4 atom stereocenters. The number of carbonyl (C=O) groups is 1. The first-order valence-electron chi connectivity index (χ1n) is 5.67. The van der Waals surface area contributed by atoms with Crippen LogP contribution in [0.4, 0.5) is 0 Å². The smallest absolute Gasteiger partial charge is 0.335 e. The fourth-order valence-corrected chi connectivity index (χ4v) is 5.19. The molecule has 4 fully saturated rings. The number of esters is 1. The maximum Gasteiger partial charge on any atom is 0.335 e. The molecule has 4 rings (SSSR count). The van der Waals surface area contributed by atoms with Gasteiger partial charge in [-0.25, -0.2) is 8.98 Å². The van der Waals surface area contributed by atoms with Crippen LogP contribution in [0.5, 0.6) is 0 Å². The Morgan fingerprint density at radius 1 is 1.47 bits per heavy atom. The molecule has 0 amide bonds. The Labute approximate surface area is 99.9 Å². The molecule has 2 saturated carbocycles. The molecule has 4 aliphatic rings. The van der Waals surface area contributed by atoms with Crippen LogP contribution in [0, 0.1) is 11.8 Å². The molecule has 2 aliphatic carbocycles. The molecule has 0 aromatic carbocycles. The Morgan fingerprint density at radius 3 is 2.71 bits per heavy atom. The van der Waals surface area contributed by atoms with Gasteiger partial charge in [0.05, 0.1) is 5.25 Å². The highest BCUT2D eigenvalue weighted by Gasteiger charge is 2.68. The monoisotopic (exact) mass is 258 g/mol. The normalized spacial score (nSPS) is 44.9. The second-order valence-corrected chi connectivity index (χ2v) is 6.99. The summed E-state index contributed by atoms with van der Waals surface area (Å²) in [5.41, 5.74) is 0.255. The van der Waals surface area contributed by atoms with Gasteiger partial charge in [-0.3, -0.25) is 0 Å². The van der Waals surface area contributed by atoms with E-state index in [-0.39, 0.29) is 17.4 Å². The van der Waals surface area contributed by atoms with E-state index in [9.17, 15) is 13.2 Å². The molecular formula is C11H14O5S. The summed E-state index contributed by atoms with van der Waals surface area (Å²) >= 11 is 0. The number of hydrogen-bond donors (Lipinski definition) is 0. The fourth-order valence-electron chi connectivity index (χ4n) is 3.29. The minimum absolute atomic E-state index is 0.0179. The molecule has 5 nitrogen and oxygen atoms in total. The van der Waals surface area contributed by atoms with Crippen molar-refractivity contribution in [1.29, 1.82) is 0 Å². The van der Waals surface area contributed by atoms with Crippen LogP contribution in [-0.4, -0.2) is 25.4 Å². The molecule has 2 saturated heterocycles. The van der Waals surface area contributed by atoms with Gasteiger partial charge < -0.3 is 4.74 Å². The van der Waals surface area contributed by atoms with Crippen LogP contribution in [-0.2, 0) is 23.8 Å². The molecule has 4 unspecified atom stereocenters. The molecule has 0 radical (unpaired) electrons. The zero-order chi connectivity index (χ0) is 12.4. The predicted molar refractivity (Wildman–Crippen MR) is 58.3 cm³/mol. The van der Waals surface area contributed by atoms with E-state index in [1.807, 2.05) is 0 Å². The second-order valence-electron chi connectivity index (χ2n) is 5.23. The lowest BCUT2D eigenvalue weighted by Crippen LogP contribution is -2.54. The van der Waals surface area contributed by atoms with Crippen molar-refractivity contribution in [3.05, 3.63) is 12.2 Å². The van der Waals surface area contributed by atoms with Gasteiger partial charge in [0.25, 0.3) is 10.1 Å². The summed E-state index contributed by atoms with van der Waals surface area (Å²) in [6.07, 6.45) is 1.82. The van der Waals surface area contributed by atoms with Crippen molar-refractivity contribution in [2.75, 3.05) is 0 Å². The van der Waals surface area contributed by atoms with Crippen molar-refractivity contribution in [3.63, 3.8) is 0 Å². The second kappa shape index (κ2) is 3.11. The average Bonchev–Trinajstić information content (AvgIpc) is 2.70. The molecule has 0 spiro atoms. The van der Waals surface area contributed by atoms with E-state index in [4.69, 9.17) is 8.92 Å². The van der Waals surface area contributed by atoms with E-state index in [2.05, 4.69) is 6.58 Å². The summed E-state index contributed by atoms with van der Waals surface area (Å²) in [5.74, 6) is -1.72. The topological polar surface area (TPSA) is 69.7 Å². The largest absolute Gasteiger partial charge is 0.428 e. The average molecular weight is 258 g/mol. The van der Waals surface area contributed by atoms with Crippen molar-refractivity contribution in [2.24, 2.45) is 11.8 Å². The van der Waals surface area contributed by atoms with Gasteiger partial charge >= 0.3 is 5.97 Å². The molecule has 94 valence electrons. The molecule has 6 heteroatoms. The minimum Gasteiger partial charge on any atom is -0.428 e. The van der Waals surface area contributed by atoms with Crippen LogP contribution < -0.4 is 0 Å². The van der Waals surface area contributed by atoms with E-state index < -0.39 is 27.1 Å². The molecule has 0 aromatic heterocycles. The third kappa shape index (κ3) is 1.40. The zero-order valence-electron chi connectivity index (χ0n) is 9.51. The summed E-state index contributed by atoms with van der Waals surface area (Å²) in [6.45, 7) is 5.03. The van der Waals surface area contributed by atoms with Crippen LogP contribution >= 0.6 is 0 Å². The molecular weight excluding hydrogens is 244 g/mol. The maximum absolute atomic E-state index is 11.8. The Balaban J connectivity index is 1.93. The molecule has 2 heterocycles. The molecule has 2 aliphatic heterocycles. The van der Waals surface area contributed by atoms with Gasteiger partial charge in [0.15, 0.2) is 0 Å².